The summed E-state index contributed by atoms with van der Waals surface area (Å²) in [6.45, 7) is 2.02. The number of piperidine rings is 1. The molecule has 1 atom stereocenters. The second-order valence-electron chi connectivity index (χ2n) is 8.45. The predicted octanol–water partition coefficient (Wildman–Crippen LogP) is 1.53. The lowest BCUT2D eigenvalue weighted by Crippen LogP contribution is -2.45. The molecule has 1 aromatic rings. The molecule has 4 rings (SSSR count). The highest BCUT2D eigenvalue weighted by molar-refractivity contribution is 5.81. The number of aryl methyl sites for hydroxylation is 1. The number of nitrogens with zero attached hydrogens (tertiary/aromatic N) is 2. The Bertz CT molecular complexity index is 803. The zero-order valence-corrected chi connectivity index (χ0v) is 18.0. The van der Waals surface area contributed by atoms with Crippen LogP contribution < -0.4 is 9.47 Å². The van der Waals surface area contributed by atoms with E-state index in [0.717, 1.165) is 30.0 Å². The summed E-state index contributed by atoms with van der Waals surface area (Å²) in [7, 11) is 3.97. The number of carbonyl (C=O) groups is 3. The molecule has 2 fully saturated rings. The number of esters is 1. The molecule has 3 heterocycles. The largest absolute Gasteiger partial charge is 0.483 e. The summed E-state index contributed by atoms with van der Waals surface area (Å²) in [5.41, 5.74) is 0.673. The maximum atomic E-state index is 12.6. The van der Waals surface area contributed by atoms with E-state index in [2.05, 4.69) is 0 Å². The number of rotatable bonds is 5. The van der Waals surface area contributed by atoms with Crippen molar-refractivity contribution in [3.8, 4) is 11.5 Å². The van der Waals surface area contributed by atoms with Gasteiger partial charge in [-0.15, -0.1) is 0 Å². The highest BCUT2D eigenvalue weighted by Crippen LogP contribution is 2.43. The number of likely N-dealkylation sites (N-methyl/N-ethyl adjacent to an activating group) is 1. The Hall–Kier alpha value is -2.81. The summed E-state index contributed by atoms with van der Waals surface area (Å²) >= 11 is 0. The number of carbonyl (C=O) groups excluding carboxylic acids is 2. The molecule has 0 saturated carbocycles. The molecule has 3 aliphatic heterocycles. The fourth-order valence-corrected chi connectivity index (χ4v) is 4.44. The molecule has 1 N–H and O–H groups in total. The molecule has 0 radical (unpaired) electrons. The molecule has 0 aliphatic carbocycles. The predicted molar refractivity (Wildman–Crippen MR) is 111 cm³/mol. The fourth-order valence-electron chi connectivity index (χ4n) is 4.44. The molecule has 0 aromatic heterocycles. The van der Waals surface area contributed by atoms with Crippen molar-refractivity contribution in [3.63, 3.8) is 0 Å². The van der Waals surface area contributed by atoms with Gasteiger partial charge in [-0.2, -0.15) is 0 Å². The molecule has 0 bridgehead atoms. The third-order valence-corrected chi connectivity index (χ3v) is 6.03. The minimum absolute atomic E-state index is 0.0317. The van der Waals surface area contributed by atoms with Gasteiger partial charge in [-0.05, 0) is 51.1 Å². The average molecular weight is 434 g/mol. The highest BCUT2D eigenvalue weighted by atomic mass is 16.7. The van der Waals surface area contributed by atoms with Crippen molar-refractivity contribution in [2.24, 2.45) is 5.41 Å². The van der Waals surface area contributed by atoms with Gasteiger partial charge in [0.05, 0.1) is 5.41 Å². The molecule has 1 amide bonds. The third-order valence-electron chi connectivity index (χ3n) is 6.03. The minimum Gasteiger partial charge on any atom is -0.483 e. The van der Waals surface area contributed by atoms with Crippen LogP contribution in [0.3, 0.4) is 0 Å². The van der Waals surface area contributed by atoms with Crippen LogP contribution in [0.5, 0.6) is 11.5 Å². The maximum absolute atomic E-state index is 12.6. The average Bonchev–Trinajstić information content (AvgIpc) is 3.31. The van der Waals surface area contributed by atoms with Crippen LogP contribution in [0, 0.1) is 5.41 Å². The first-order valence-electron chi connectivity index (χ1n) is 10.5. The number of cyclic esters (lactones) is 1. The topological polar surface area (TPSA) is 106 Å². The van der Waals surface area contributed by atoms with E-state index in [9.17, 15) is 9.59 Å². The van der Waals surface area contributed by atoms with Crippen molar-refractivity contribution < 1.29 is 33.7 Å². The summed E-state index contributed by atoms with van der Waals surface area (Å²) in [6, 6.07) is 5.81. The molecule has 1 unspecified atom stereocenters. The number of carboxylic acid groups (broad SMARTS) is 1. The van der Waals surface area contributed by atoms with E-state index < -0.39 is 5.41 Å². The minimum atomic E-state index is -0.394. The lowest BCUT2D eigenvalue weighted by Gasteiger charge is -2.36. The monoisotopic (exact) mass is 434 g/mol. The first-order chi connectivity index (χ1) is 14.9. The molecular formula is C22H30N2O7. The van der Waals surface area contributed by atoms with Gasteiger partial charge >= 0.3 is 5.97 Å². The Kier molecular flexibility index (Phi) is 7.37. The summed E-state index contributed by atoms with van der Waals surface area (Å²) in [6.07, 6.45) is 3.26. The van der Waals surface area contributed by atoms with Crippen LogP contribution in [0.1, 0.15) is 31.2 Å². The molecule has 2 saturated heterocycles. The van der Waals surface area contributed by atoms with Crippen molar-refractivity contribution in [1.29, 1.82) is 0 Å². The number of fused-ring (bicyclic) bond motifs is 1. The summed E-state index contributed by atoms with van der Waals surface area (Å²) in [5.74, 6) is 1.57. The van der Waals surface area contributed by atoms with Gasteiger partial charge in [0.15, 0.2) is 11.5 Å². The molecular weight excluding hydrogens is 404 g/mol. The number of hydrogen-bond acceptors (Lipinski definition) is 7. The lowest BCUT2D eigenvalue weighted by atomic mass is 9.76. The van der Waals surface area contributed by atoms with Gasteiger partial charge in [0.1, 0.15) is 6.10 Å². The number of hydrogen-bond donors (Lipinski definition) is 1. The van der Waals surface area contributed by atoms with Gasteiger partial charge < -0.3 is 29.1 Å². The molecule has 31 heavy (non-hydrogen) atoms. The van der Waals surface area contributed by atoms with Crippen molar-refractivity contribution in [3.05, 3.63) is 23.8 Å². The van der Waals surface area contributed by atoms with Crippen LogP contribution in [-0.2, 0) is 25.5 Å². The van der Waals surface area contributed by atoms with Crippen LogP contribution in [-0.4, -0.2) is 79.9 Å². The van der Waals surface area contributed by atoms with Gasteiger partial charge in [0, 0.05) is 32.5 Å². The van der Waals surface area contributed by atoms with Crippen LogP contribution >= 0.6 is 0 Å². The van der Waals surface area contributed by atoms with E-state index in [4.69, 9.17) is 24.1 Å². The number of likely N-dealkylation sites (tertiary alicyclic amines) is 1. The second-order valence-corrected chi connectivity index (χ2v) is 8.45. The Labute approximate surface area is 181 Å². The van der Waals surface area contributed by atoms with E-state index in [0.29, 0.717) is 38.8 Å². The zero-order chi connectivity index (χ0) is 22.4. The summed E-state index contributed by atoms with van der Waals surface area (Å²) in [5, 5.41) is 6.89. The quantitative estimate of drug-likeness (QED) is 0.550. The Morgan fingerprint density at radius 1 is 1.26 bits per heavy atom. The van der Waals surface area contributed by atoms with Crippen LogP contribution in [0.2, 0.25) is 0 Å². The van der Waals surface area contributed by atoms with Gasteiger partial charge in [-0.1, -0.05) is 6.07 Å². The SMILES string of the molecule is CN(C)CC1CC2(CCN(C(=O)CCc3ccc4c(c3)OCO4)CC2)C(=O)O1.O=CO. The van der Waals surface area contributed by atoms with E-state index in [-0.39, 0.29) is 31.2 Å². The normalized spacial score (nSPS) is 20.9. The molecule has 3 aliphatic rings. The standard InChI is InChI=1S/C21H28N2O5.CH2O2/c1-22(2)13-16-12-21(20(25)28-16)7-9-23(10-8-21)19(24)6-4-15-3-5-17-18(11-15)27-14-26-17;2-1-3/h3,5,11,16H,4,6-10,12-14H2,1-2H3;1H,(H,2,3). The van der Waals surface area contributed by atoms with Crippen LogP contribution in [0.4, 0.5) is 0 Å². The number of ether oxygens (including phenoxy) is 3. The van der Waals surface area contributed by atoms with Crippen molar-refractivity contribution >= 4 is 18.3 Å². The third kappa shape index (κ3) is 5.46. The molecule has 9 nitrogen and oxygen atoms in total. The van der Waals surface area contributed by atoms with E-state index in [1.807, 2.05) is 42.1 Å². The Morgan fingerprint density at radius 2 is 1.94 bits per heavy atom. The number of benzene rings is 1. The first-order valence-corrected chi connectivity index (χ1v) is 10.5. The molecule has 170 valence electrons. The van der Waals surface area contributed by atoms with Gasteiger partial charge in [0.25, 0.3) is 6.47 Å². The Morgan fingerprint density at radius 3 is 2.61 bits per heavy atom. The molecule has 1 spiro atoms. The van der Waals surface area contributed by atoms with Crippen LogP contribution in [0.25, 0.3) is 0 Å². The zero-order valence-electron chi connectivity index (χ0n) is 18.0. The van der Waals surface area contributed by atoms with Crippen molar-refractivity contribution in [1.82, 2.24) is 9.80 Å². The lowest BCUT2D eigenvalue weighted by molar-refractivity contribution is -0.152. The smallest absolute Gasteiger partial charge is 0.312 e. The fraction of sp³-hybridized carbons (Fsp3) is 0.591. The molecule has 9 heteroatoms. The maximum Gasteiger partial charge on any atom is 0.312 e. The van der Waals surface area contributed by atoms with Crippen LogP contribution in [0.15, 0.2) is 18.2 Å². The molecule has 1 aromatic carbocycles. The van der Waals surface area contributed by atoms with Gasteiger partial charge in [0.2, 0.25) is 12.7 Å². The van der Waals surface area contributed by atoms with E-state index in [1.165, 1.54) is 0 Å². The highest BCUT2D eigenvalue weighted by Gasteiger charge is 2.50. The van der Waals surface area contributed by atoms with Gasteiger partial charge in [-0.3, -0.25) is 14.4 Å². The summed E-state index contributed by atoms with van der Waals surface area (Å²) < 4.78 is 16.3. The van der Waals surface area contributed by atoms with E-state index >= 15 is 0 Å². The van der Waals surface area contributed by atoms with Crippen molar-refractivity contribution in [2.45, 2.75) is 38.2 Å². The second kappa shape index (κ2) is 10.00. The summed E-state index contributed by atoms with van der Waals surface area (Å²) in [4.78, 5) is 37.4. The number of amides is 1. The van der Waals surface area contributed by atoms with E-state index in [1.54, 1.807) is 0 Å². The Balaban J connectivity index is 0.000000858. The first kappa shape index (κ1) is 22.9. The van der Waals surface area contributed by atoms with Gasteiger partial charge in [-0.25, -0.2) is 0 Å². The van der Waals surface area contributed by atoms with Crippen molar-refractivity contribution in [2.75, 3.05) is 40.5 Å².